The van der Waals surface area contributed by atoms with Crippen molar-refractivity contribution >= 4 is 51.6 Å². The van der Waals surface area contributed by atoms with Crippen molar-refractivity contribution in [1.82, 2.24) is 35.3 Å². The first-order valence-corrected chi connectivity index (χ1v) is 22.9. The van der Waals surface area contributed by atoms with Crippen LogP contribution in [0, 0.1) is 0 Å². The summed E-state index contributed by atoms with van der Waals surface area (Å²) in [6, 6.07) is 30.6. The molecule has 334 valence electrons. The molecule has 3 N–H and O–H groups in total. The predicted molar refractivity (Wildman–Crippen MR) is 248 cm³/mol. The quantitative estimate of drug-likeness (QED) is 0.0885. The Labute approximate surface area is 385 Å². The van der Waals surface area contributed by atoms with Crippen molar-refractivity contribution in [3.05, 3.63) is 141 Å². The number of carbonyl (C=O) groups excluding carboxylic acids is 1. The Morgan fingerprint density at radius 1 is 0.859 bits per heavy atom. The van der Waals surface area contributed by atoms with Crippen LogP contribution < -0.4 is 20.7 Å². The molecule has 3 saturated heterocycles. The molecule has 3 aliphatic rings. The van der Waals surface area contributed by atoms with Crippen LogP contribution in [-0.4, -0.2) is 82.0 Å². The van der Waals surface area contributed by atoms with Gasteiger partial charge in [0.25, 0.3) is 0 Å². The summed E-state index contributed by atoms with van der Waals surface area (Å²) in [7, 11) is 0. The Morgan fingerprint density at radius 2 is 1.59 bits per heavy atom. The molecule has 9 rings (SSSR count). The molecule has 3 aliphatic heterocycles. The number of pyridine rings is 1. The third-order valence-electron chi connectivity index (χ3n) is 13.0. The van der Waals surface area contributed by atoms with Gasteiger partial charge in [-0.3, -0.25) is 24.9 Å². The molecule has 5 heterocycles. The average Bonchev–Trinajstić information content (AvgIpc) is 3.98. The minimum atomic E-state index is -4.78. The number of nitrogens with zero attached hydrogens (tertiary/aromatic N) is 4. The van der Waals surface area contributed by atoms with E-state index in [0.29, 0.717) is 79.1 Å². The van der Waals surface area contributed by atoms with E-state index >= 15 is 0 Å². The molecule has 15 heteroatoms. The van der Waals surface area contributed by atoms with E-state index in [9.17, 15) is 18.0 Å². The molecule has 2 bridgehead atoms. The zero-order valence-corrected chi connectivity index (χ0v) is 37.4. The lowest BCUT2D eigenvalue weighted by Gasteiger charge is -2.37. The van der Waals surface area contributed by atoms with Gasteiger partial charge in [-0.25, -0.2) is 0 Å². The zero-order valence-electron chi connectivity index (χ0n) is 35.1. The third kappa shape index (κ3) is 9.94. The number of likely N-dealkylation sites (tertiary alicyclic amines) is 2. The van der Waals surface area contributed by atoms with Crippen LogP contribution in [0.3, 0.4) is 0 Å². The maximum atomic E-state index is 14.1. The number of ether oxygens (including phenoxy) is 1. The van der Waals surface area contributed by atoms with E-state index in [4.69, 9.17) is 34.8 Å². The first-order chi connectivity index (χ1) is 30.9. The van der Waals surface area contributed by atoms with Crippen molar-refractivity contribution in [2.24, 2.45) is 0 Å². The third-order valence-corrected chi connectivity index (χ3v) is 13.9. The van der Waals surface area contributed by atoms with Gasteiger partial charge in [0.05, 0.1) is 5.69 Å². The summed E-state index contributed by atoms with van der Waals surface area (Å²) in [4.78, 5) is 23.8. The van der Waals surface area contributed by atoms with Gasteiger partial charge in [-0.15, -0.1) is 13.2 Å². The number of amides is 1. The largest absolute Gasteiger partial charge is 0.573 e. The second-order valence-corrected chi connectivity index (χ2v) is 18.3. The Bertz CT molecular complexity index is 2600. The summed E-state index contributed by atoms with van der Waals surface area (Å²) >= 11 is 19.4. The molecule has 2 atom stereocenters. The van der Waals surface area contributed by atoms with E-state index in [1.807, 2.05) is 54.6 Å². The van der Waals surface area contributed by atoms with Crippen molar-refractivity contribution in [2.75, 3.05) is 32.7 Å². The molecule has 3 fully saturated rings. The summed E-state index contributed by atoms with van der Waals surface area (Å²) in [6.07, 6.45) is 2.07. The lowest BCUT2D eigenvalue weighted by Crippen LogP contribution is -2.61. The highest BCUT2D eigenvalue weighted by molar-refractivity contribution is 6.36. The van der Waals surface area contributed by atoms with Crippen molar-refractivity contribution in [2.45, 2.75) is 75.8 Å². The van der Waals surface area contributed by atoms with Gasteiger partial charge in [-0.05, 0) is 110 Å². The van der Waals surface area contributed by atoms with E-state index in [1.165, 1.54) is 12.1 Å². The Balaban J connectivity index is 0.885. The normalized spacial score (nSPS) is 18.8. The van der Waals surface area contributed by atoms with Crippen molar-refractivity contribution in [3.63, 3.8) is 0 Å². The number of alkyl halides is 3. The van der Waals surface area contributed by atoms with Crippen molar-refractivity contribution in [1.29, 1.82) is 0 Å². The van der Waals surface area contributed by atoms with Crippen LogP contribution in [-0.2, 0) is 31.0 Å². The number of piperidine rings is 1. The fourth-order valence-corrected chi connectivity index (χ4v) is 10.4. The molecular weight excluding hydrogens is 882 g/mol. The molecule has 64 heavy (non-hydrogen) atoms. The van der Waals surface area contributed by atoms with Crippen LogP contribution in [0.25, 0.3) is 33.3 Å². The van der Waals surface area contributed by atoms with Crippen LogP contribution in [0.15, 0.2) is 109 Å². The van der Waals surface area contributed by atoms with Crippen molar-refractivity contribution in [3.8, 4) is 28.1 Å². The topological polar surface area (TPSA) is 86.7 Å². The summed E-state index contributed by atoms with van der Waals surface area (Å²) in [5.74, 6) is -0.299. The van der Waals surface area contributed by atoms with Gasteiger partial charge in [-0.1, -0.05) is 77.3 Å². The fraction of sp³-hybridized carbons (Fsp3) is 0.347. The molecule has 0 saturated carbocycles. The fourth-order valence-electron chi connectivity index (χ4n) is 9.73. The molecule has 0 radical (unpaired) electrons. The Hall–Kier alpha value is -4.66. The zero-order chi connectivity index (χ0) is 44.4. The molecule has 6 aromatic rings. The van der Waals surface area contributed by atoms with Gasteiger partial charge in [0, 0.05) is 113 Å². The van der Waals surface area contributed by atoms with Crippen LogP contribution in [0.4, 0.5) is 13.2 Å². The number of halogens is 6. The van der Waals surface area contributed by atoms with Gasteiger partial charge in [0.15, 0.2) is 0 Å². The van der Waals surface area contributed by atoms with Gasteiger partial charge in [-0.2, -0.15) is 0 Å². The number of fused-ring (bicyclic) bond motifs is 3. The lowest BCUT2D eigenvalue weighted by atomic mass is 9.86. The number of aryl methyl sites for hydroxylation is 1. The molecule has 2 aromatic heterocycles. The predicted octanol–water partition coefficient (Wildman–Crippen LogP) is 10.1. The summed E-state index contributed by atoms with van der Waals surface area (Å²) < 4.78 is 45.4. The van der Waals surface area contributed by atoms with Crippen LogP contribution >= 0.6 is 34.8 Å². The summed E-state index contributed by atoms with van der Waals surface area (Å²) in [5, 5.41) is 13.3. The highest BCUT2D eigenvalue weighted by Gasteiger charge is 2.43. The molecule has 1 amide bonds. The first kappa shape index (κ1) is 44.5. The second kappa shape index (κ2) is 19.1. The lowest BCUT2D eigenvalue weighted by molar-refractivity contribution is -0.274. The standard InChI is InChI=1S/C49H49Cl3F3N7O2/c50-36-7-1-5-34(24-36)46-35(6-3-18-57-46)26-59-48(16-20-56-21-17-48)47(63)58-19-4-22-60-30-41(33-11-13-39(14-12-33)64-49(53,54)55)40-23-32(10-15-45(40)60)27-61-28-38-25-37(61)29-62(38)31-42-43(51)8-2-9-44(42)52/h1-3,5-15,18,23-24,30,37-38,56,59H,4,16-17,19-22,25-29,31H2,(H,58,63). The number of hydrogen-bond acceptors (Lipinski definition) is 7. The number of carbonyl (C=O) groups is 1. The second-order valence-electron chi connectivity index (χ2n) is 17.1. The number of piperazine rings is 1. The van der Waals surface area contributed by atoms with E-state index in [1.54, 1.807) is 18.3 Å². The molecule has 0 aliphatic carbocycles. The summed E-state index contributed by atoms with van der Waals surface area (Å²) in [6.45, 7) is 6.35. The van der Waals surface area contributed by atoms with Gasteiger partial charge < -0.3 is 19.9 Å². The number of hydrogen-bond donors (Lipinski definition) is 3. The van der Waals surface area contributed by atoms with Crippen LogP contribution in [0.5, 0.6) is 5.75 Å². The van der Waals surface area contributed by atoms with Crippen LogP contribution in [0.2, 0.25) is 15.1 Å². The maximum absolute atomic E-state index is 14.1. The van der Waals surface area contributed by atoms with Gasteiger partial charge >= 0.3 is 6.36 Å². The van der Waals surface area contributed by atoms with Gasteiger partial charge in [0.1, 0.15) is 11.3 Å². The Morgan fingerprint density at radius 3 is 2.31 bits per heavy atom. The molecule has 4 aromatic carbocycles. The van der Waals surface area contributed by atoms with E-state index in [2.05, 4.69) is 64.4 Å². The van der Waals surface area contributed by atoms with Crippen LogP contribution in [0.1, 0.15) is 42.4 Å². The molecule has 2 unspecified atom stereocenters. The minimum absolute atomic E-state index is 0.0301. The van der Waals surface area contributed by atoms with E-state index < -0.39 is 11.9 Å². The van der Waals surface area contributed by atoms with E-state index in [-0.39, 0.29) is 11.7 Å². The summed E-state index contributed by atoms with van der Waals surface area (Å²) in [5.41, 5.74) is 6.80. The average molecular weight is 931 g/mol. The number of nitrogens with one attached hydrogen (secondary N) is 3. The molecule has 9 nitrogen and oxygen atoms in total. The van der Waals surface area contributed by atoms with Crippen molar-refractivity contribution < 1.29 is 22.7 Å². The number of rotatable bonds is 15. The van der Waals surface area contributed by atoms with E-state index in [0.717, 1.165) is 82.6 Å². The van der Waals surface area contributed by atoms with Gasteiger partial charge in [0.2, 0.25) is 5.91 Å². The number of benzene rings is 4. The minimum Gasteiger partial charge on any atom is -0.406 e. The molecular formula is C49H49Cl3F3N7O2. The first-order valence-electron chi connectivity index (χ1n) is 21.7. The monoisotopic (exact) mass is 929 g/mol. The number of aromatic nitrogens is 2. The smallest absolute Gasteiger partial charge is 0.406 e. The Kier molecular flexibility index (Phi) is 13.3. The highest BCUT2D eigenvalue weighted by Crippen LogP contribution is 2.38. The molecule has 0 spiro atoms. The SMILES string of the molecule is O=C(NCCCn1cc(-c2ccc(OC(F)(F)F)cc2)c2cc(CN3CC4CC3CN4Cc3c(Cl)cccc3Cl)ccc21)C1(NCc2cccnc2-c2cccc(Cl)c2)CCNCC1. The highest BCUT2D eigenvalue weighted by atomic mass is 35.5. The maximum Gasteiger partial charge on any atom is 0.573 e.